The second-order valence-electron chi connectivity index (χ2n) is 6.12. The number of hydrogen-bond acceptors (Lipinski definition) is 3. The van der Waals surface area contributed by atoms with Gasteiger partial charge in [-0.1, -0.05) is 19.9 Å². The number of amides is 3. The third-order valence-electron chi connectivity index (χ3n) is 3.66. The second-order valence-corrected chi connectivity index (χ2v) is 6.12. The Kier molecular flexibility index (Phi) is 6.49. The van der Waals surface area contributed by atoms with Crippen molar-refractivity contribution >= 4 is 29.1 Å². The summed E-state index contributed by atoms with van der Waals surface area (Å²) >= 11 is 0. The summed E-state index contributed by atoms with van der Waals surface area (Å²) in [7, 11) is 0. The smallest absolute Gasteiger partial charge is 0.255 e. The van der Waals surface area contributed by atoms with Gasteiger partial charge in [-0.25, -0.2) is 0 Å². The normalized spacial score (nSPS) is 10.3. The van der Waals surface area contributed by atoms with Crippen LogP contribution in [0.5, 0.6) is 0 Å². The molecule has 136 valence electrons. The van der Waals surface area contributed by atoms with Gasteiger partial charge in [0.05, 0.1) is 0 Å². The van der Waals surface area contributed by atoms with E-state index in [2.05, 4.69) is 16.0 Å². The van der Waals surface area contributed by atoms with Crippen molar-refractivity contribution in [2.75, 3.05) is 17.2 Å². The van der Waals surface area contributed by atoms with E-state index in [0.717, 1.165) is 0 Å². The van der Waals surface area contributed by atoms with Crippen molar-refractivity contribution in [3.63, 3.8) is 0 Å². The van der Waals surface area contributed by atoms with Crippen molar-refractivity contribution in [1.29, 1.82) is 0 Å². The maximum atomic E-state index is 12.4. The van der Waals surface area contributed by atoms with E-state index in [9.17, 15) is 14.4 Å². The third kappa shape index (κ3) is 5.17. The van der Waals surface area contributed by atoms with E-state index in [1.165, 1.54) is 0 Å². The Morgan fingerprint density at radius 3 is 2.15 bits per heavy atom. The number of rotatable bonds is 6. The van der Waals surface area contributed by atoms with Crippen LogP contribution in [-0.2, 0) is 4.79 Å². The number of nitrogens with one attached hydrogen (secondary N) is 3. The van der Waals surface area contributed by atoms with Gasteiger partial charge in [0.1, 0.15) is 0 Å². The highest BCUT2D eigenvalue weighted by atomic mass is 16.2. The van der Waals surface area contributed by atoms with Gasteiger partial charge >= 0.3 is 0 Å². The van der Waals surface area contributed by atoms with Crippen molar-refractivity contribution in [1.82, 2.24) is 5.32 Å². The Balaban J connectivity index is 2.05. The van der Waals surface area contributed by atoms with Crippen LogP contribution in [0.25, 0.3) is 0 Å². The molecule has 0 saturated carbocycles. The molecule has 26 heavy (non-hydrogen) atoms. The van der Waals surface area contributed by atoms with Gasteiger partial charge in [-0.2, -0.15) is 0 Å². The molecule has 0 spiro atoms. The summed E-state index contributed by atoms with van der Waals surface area (Å²) < 4.78 is 0. The van der Waals surface area contributed by atoms with Gasteiger partial charge < -0.3 is 16.0 Å². The number of anilines is 2. The van der Waals surface area contributed by atoms with Crippen molar-refractivity contribution in [3.05, 3.63) is 59.7 Å². The van der Waals surface area contributed by atoms with Gasteiger partial charge in [-0.15, -0.1) is 0 Å². The summed E-state index contributed by atoms with van der Waals surface area (Å²) in [6.45, 7) is 6.00. The van der Waals surface area contributed by atoms with Gasteiger partial charge in [0, 0.05) is 35.0 Å². The highest BCUT2D eigenvalue weighted by Gasteiger charge is 2.10. The fourth-order valence-corrected chi connectivity index (χ4v) is 2.20. The maximum Gasteiger partial charge on any atom is 0.255 e. The summed E-state index contributed by atoms with van der Waals surface area (Å²) in [6.07, 6.45) is 0. The van der Waals surface area contributed by atoms with Crippen molar-refractivity contribution in [3.8, 4) is 0 Å². The number of carbonyl (C=O) groups excluding carboxylic acids is 3. The highest BCUT2D eigenvalue weighted by Crippen LogP contribution is 2.15. The van der Waals surface area contributed by atoms with Crippen LogP contribution in [0.15, 0.2) is 48.5 Å². The molecular formula is C20H23N3O3. The van der Waals surface area contributed by atoms with Gasteiger partial charge in [-0.3, -0.25) is 14.4 Å². The molecule has 2 rings (SSSR count). The molecule has 6 nitrogen and oxygen atoms in total. The molecule has 0 aliphatic rings. The molecule has 6 heteroatoms. The monoisotopic (exact) mass is 353 g/mol. The molecule has 0 aromatic heterocycles. The lowest BCUT2D eigenvalue weighted by Crippen LogP contribution is -2.22. The first-order valence-electron chi connectivity index (χ1n) is 8.51. The molecule has 0 saturated heterocycles. The zero-order valence-electron chi connectivity index (χ0n) is 15.1. The Morgan fingerprint density at radius 2 is 1.54 bits per heavy atom. The third-order valence-corrected chi connectivity index (χ3v) is 3.66. The summed E-state index contributed by atoms with van der Waals surface area (Å²) in [4.78, 5) is 35.9. The molecule has 3 N–H and O–H groups in total. The van der Waals surface area contributed by atoms with Gasteiger partial charge in [0.15, 0.2) is 0 Å². The fourth-order valence-electron chi connectivity index (χ4n) is 2.20. The molecule has 0 fully saturated rings. The molecule has 0 radical (unpaired) electrons. The van der Waals surface area contributed by atoms with Crippen LogP contribution < -0.4 is 16.0 Å². The minimum atomic E-state index is -0.292. The van der Waals surface area contributed by atoms with Crippen molar-refractivity contribution < 1.29 is 14.4 Å². The van der Waals surface area contributed by atoms with Crippen LogP contribution in [0.3, 0.4) is 0 Å². The molecule has 2 aromatic rings. The Labute approximate surface area is 153 Å². The molecule has 0 aliphatic heterocycles. The molecule has 0 aliphatic carbocycles. The zero-order valence-corrected chi connectivity index (χ0v) is 15.1. The van der Waals surface area contributed by atoms with Crippen LogP contribution in [0.2, 0.25) is 0 Å². The Morgan fingerprint density at radius 1 is 0.846 bits per heavy atom. The van der Waals surface area contributed by atoms with E-state index in [4.69, 9.17) is 0 Å². The standard InChI is InChI=1S/C20H23N3O3/c1-4-21-19(25)15-6-5-7-17(12-15)23-20(26)14-8-10-16(11-9-14)22-18(24)13(2)3/h5-13H,4H2,1-3H3,(H,21,25)(H,22,24)(H,23,26). The van der Waals surface area contributed by atoms with Gasteiger partial charge in [-0.05, 0) is 49.4 Å². The predicted molar refractivity (Wildman–Crippen MR) is 102 cm³/mol. The first-order valence-corrected chi connectivity index (χ1v) is 8.51. The van der Waals surface area contributed by atoms with E-state index in [1.54, 1.807) is 48.5 Å². The Bertz CT molecular complexity index is 798. The second kappa shape index (κ2) is 8.80. The minimum Gasteiger partial charge on any atom is -0.352 e. The summed E-state index contributed by atoms with van der Waals surface area (Å²) in [5.74, 6) is -0.673. The summed E-state index contributed by atoms with van der Waals surface area (Å²) in [5, 5.41) is 8.26. The summed E-state index contributed by atoms with van der Waals surface area (Å²) in [6, 6.07) is 13.4. The quantitative estimate of drug-likeness (QED) is 0.745. The van der Waals surface area contributed by atoms with Crippen molar-refractivity contribution in [2.45, 2.75) is 20.8 Å². The Hall–Kier alpha value is -3.15. The molecule has 0 heterocycles. The molecule has 3 amide bonds. The number of carbonyl (C=O) groups is 3. The minimum absolute atomic E-state index is 0.0793. The lowest BCUT2D eigenvalue weighted by atomic mass is 10.1. The van der Waals surface area contributed by atoms with E-state index < -0.39 is 0 Å². The maximum absolute atomic E-state index is 12.4. The van der Waals surface area contributed by atoms with Crippen LogP contribution in [0, 0.1) is 5.92 Å². The van der Waals surface area contributed by atoms with Crippen LogP contribution in [0.1, 0.15) is 41.5 Å². The molecule has 0 bridgehead atoms. The van der Waals surface area contributed by atoms with E-state index in [1.807, 2.05) is 20.8 Å². The van der Waals surface area contributed by atoms with E-state index in [-0.39, 0.29) is 23.6 Å². The number of benzene rings is 2. The largest absolute Gasteiger partial charge is 0.352 e. The van der Waals surface area contributed by atoms with E-state index in [0.29, 0.717) is 29.0 Å². The average Bonchev–Trinajstić information content (AvgIpc) is 2.62. The van der Waals surface area contributed by atoms with Crippen LogP contribution in [-0.4, -0.2) is 24.3 Å². The van der Waals surface area contributed by atoms with Crippen molar-refractivity contribution in [2.24, 2.45) is 5.92 Å². The fraction of sp³-hybridized carbons (Fsp3) is 0.250. The topological polar surface area (TPSA) is 87.3 Å². The van der Waals surface area contributed by atoms with Crippen LogP contribution in [0.4, 0.5) is 11.4 Å². The first-order chi connectivity index (χ1) is 12.4. The lowest BCUT2D eigenvalue weighted by molar-refractivity contribution is -0.118. The van der Waals surface area contributed by atoms with E-state index >= 15 is 0 Å². The van der Waals surface area contributed by atoms with Gasteiger partial charge in [0.25, 0.3) is 11.8 Å². The molecular weight excluding hydrogens is 330 g/mol. The van der Waals surface area contributed by atoms with Gasteiger partial charge in [0.2, 0.25) is 5.91 Å². The SMILES string of the molecule is CCNC(=O)c1cccc(NC(=O)c2ccc(NC(=O)C(C)C)cc2)c1. The molecule has 0 atom stereocenters. The molecule has 0 unspecified atom stereocenters. The number of hydrogen-bond donors (Lipinski definition) is 3. The first kappa shape index (κ1) is 19.2. The average molecular weight is 353 g/mol. The van der Waals surface area contributed by atoms with Crippen LogP contribution >= 0.6 is 0 Å². The zero-order chi connectivity index (χ0) is 19.1. The molecule has 2 aromatic carbocycles. The summed E-state index contributed by atoms with van der Waals surface area (Å²) in [5.41, 5.74) is 2.11. The lowest BCUT2D eigenvalue weighted by Gasteiger charge is -2.10. The highest BCUT2D eigenvalue weighted by molar-refractivity contribution is 6.05. The predicted octanol–water partition coefficient (Wildman–Crippen LogP) is 3.28.